The van der Waals surface area contributed by atoms with Gasteiger partial charge in [-0.05, 0) is 55.2 Å². The summed E-state index contributed by atoms with van der Waals surface area (Å²) < 4.78 is 5.73. The van der Waals surface area contributed by atoms with Crippen molar-refractivity contribution in [2.45, 2.75) is 26.4 Å². The third-order valence-electron chi connectivity index (χ3n) is 4.34. The fourth-order valence-electron chi connectivity index (χ4n) is 2.90. The lowest BCUT2D eigenvalue weighted by Crippen LogP contribution is -2.34. The molecule has 0 fully saturated rings. The second kappa shape index (κ2) is 6.41. The van der Waals surface area contributed by atoms with E-state index in [9.17, 15) is 5.11 Å². The maximum atomic E-state index is 10.3. The van der Waals surface area contributed by atoms with Gasteiger partial charge in [0.2, 0.25) is 0 Å². The highest BCUT2D eigenvalue weighted by atomic mass is 16.5. The molecule has 0 bridgehead atoms. The zero-order valence-electron chi connectivity index (χ0n) is 13.2. The molecular weight excluding hydrogens is 274 g/mol. The number of benzene rings is 2. The Kier molecular flexibility index (Phi) is 4.34. The molecule has 1 unspecified atom stereocenters. The minimum atomic E-state index is -0.493. The van der Waals surface area contributed by atoms with Crippen molar-refractivity contribution in [1.29, 1.82) is 0 Å². The van der Waals surface area contributed by atoms with Gasteiger partial charge < -0.3 is 14.7 Å². The highest BCUT2D eigenvalue weighted by Crippen LogP contribution is 2.27. The number of β-amino-alcohol motifs (C(OH)–C–C–N with tert-alkyl or cyclic N) is 1. The summed E-state index contributed by atoms with van der Waals surface area (Å²) in [7, 11) is 0. The molecule has 0 aliphatic carbocycles. The number of aryl methyl sites for hydroxylation is 2. The summed E-state index contributed by atoms with van der Waals surface area (Å²) in [4.78, 5) is 2.24. The van der Waals surface area contributed by atoms with E-state index in [4.69, 9.17) is 4.74 Å². The number of aliphatic hydroxyl groups is 1. The van der Waals surface area contributed by atoms with Gasteiger partial charge in [-0.25, -0.2) is 0 Å². The molecule has 0 aromatic heterocycles. The van der Waals surface area contributed by atoms with Gasteiger partial charge in [-0.3, -0.25) is 0 Å². The first-order valence-electron chi connectivity index (χ1n) is 7.84. The lowest BCUT2D eigenvalue weighted by molar-refractivity contribution is 0.112. The summed E-state index contributed by atoms with van der Waals surface area (Å²) in [5, 5.41) is 10.3. The van der Waals surface area contributed by atoms with Gasteiger partial charge in [0.25, 0.3) is 0 Å². The SMILES string of the molecule is Cc1ccc(OCC(O)CN2CCc3ccccc32)cc1C. The van der Waals surface area contributed by atoms with Gasteiger partial charge in [0, 0.05) is 18.8 Å². The normalized spacial score (nSPS) is 14.8. The number of nitrogens with zero attached hydrogens (tertiary/aromatic N) is 1. The lowest BCUT2D eigenvalue weighted by atomic mass is 10.1. The Morgan fingerprint density at radius 2 is 1.95 bits per heavy atom. The van der Waals surface area contributed by atoms with E-state index in [1.54, 1.807) is 0 Å². The van der Waals surface area contributed by atoms with Crippen LogP contribution in [0.4, 0.5) is 5.69 Å². The van der Waals surface area contributed by atoms with Gasteiger partial charge in [-0.2, -0.15) is 0 Å². The first kappa shape index (κ1) is 14.9. The Morgan fingerprint density at radius 1 is 1.14 bits per heavy atom. The number of fused-ring (bicyclic) bond motifs is 1. The quantitative estimate of drug-likeness (QED) is 0.920. The monoisotopic (exact) mass is 297 g/mol. The number of ether oxygens (including phenoxy) is 1. The van der Waals surface area contributed by atoms with Gasteiger partial charge in [-0.1, -0.05) is 24.3 Å². The van der Waals surface area contributed by atoms with Gasteiger partial charge in [0.05, 0.1) is 0 Å². The van der Waals surface area contributed by atoms with E-state index >= 15 is 0 Å². The number of anilines is 1. The van der Waals surface area contributed by atoms with Crippen molar-refractivity contribution in [3.05, 3.63) is 59.2 Å². The molecule has 0 spiro atoms. The molecule has 0 radical (unpaired) electrons. The molecule has 1 N–H and O–H groups in total. The van der Waals surface area contributed by atoms with Crippen LogP contribution in [0.5, 0.6) is 5.75 Å². The second-order valence-corrected chi connectivity index (χ2v) is 6.04. The highest BCUT2D eigenvalue weighted by molar-refractivity contribution is 5.57. The van der Waals surface area contributed by atoms with Crippen molar-refractivity contribution >= 4 is 5.69 Å². The van der Waals surface area contributed by atoms with E-state index in [2.05, 4.69) is 43.0 Å². The average Bonchev–Trinajstić information content (AvgIpc) is 2.92. The third-order valence-corrected chi connectivity index (χ3v) is 4.34. The van der Waals surface area contributed by atoms with Crippen LogP contribution in [0.1, 0.15) is 16.7 Å². The van der Waals surface area contributed by atoms with E-state index < -0.39 is 6.10 Å². The van der Waals surface area contributed by atoms with Crippen LogP contribution in [0.25, 0.3) is 0 Å². The molecule has 2 aromatic rings. The molecule has 1 heterocycles. The summed E-state index contributed by atoms with van der Waals surface area (Å²) in [6.07, 6.45) is 0.564. The highest BCUT2D eigenvalue weighted by Gasteiger charge is 2.20. The number of para-hydroxylation sites is 1. The van der Waals surface area contributed by atoms with Gasteiger partial charge >= 0.3 is 0 Å². The van der Waals surface area contributed by atoms with Crippen LogP contribution in [-0.2, 0) is 6.42 Å². The van der Waals surface area contributed by atoms with Gasteiger partial charge in [0.1, 0.15) is 18.5 Å². The summed E-state index contributed by atoms with van der Waals surface area (Å²) in [5.41, 5.74) is 5.07. The molecule has 2 aromatic carbocycles. The van der Waals surface area contributed by atoms with Crippen LogP contribution in [-0.4, -0.2) is 30.9 Å². The van der Waals surface area contributed by atoms with Crippen LogP contribution < -0.4 is 9.64 Å². The molecule has 1 aliphatic rings. The maximum Gasteiger partial charge on any atom is 0.119 e. The van der Waals surface area contributed by atoms with E-state index in [0.717, 1.165) is 18.7 Å². The molecule has 1 atom stereocenters. The smallest absolute Gasteiger partial charge is 0.119 e. The number of hydrogen-bond acceptors (Lipinski definition) is 3. The standard InChI is InChI=1S/C19H23NO2/c1-14-7-8-18(11-15(14)2)22-13-17(21)12-20-10-9-16-5-3-4-6-19(16)20/h3-8,11,17,21H,9-10,12-13H2,1-2H3. The topological polar surface area (TPSA) is 32.7 Å². The lowest BCUT2D eigenvalue weighted by Gasteiger charge is -2.23. The fourth-order valence-corrected chi connectivity index (χ4v) is 2.90. The minimum Gasteiger partial charge on any atom is -0.491 e. The summed E-state index contributed by atoms with van der Waals surface area (Å²) >= 11 is 0. The molecule has 22 heavy (non-hydrogen) atoms. The summed E-state index contributed by atoms with van der Waals surface area (Å²) in [6.45, 7) is 6.06. The molecule has 0 saturated heterocycles. The maximum absolute atomic E-state index is 10.3. The molecule has 0 amide bonds. The second-order valence-electron chi connectivity index (χ2n) is 6.04. The van der Waals surface area contributed by atoms with Crippen molar-refractivity contribution < 1.29 is 9.84 Å². The number of hydrogen-bond donors (Lipinski definition) is 1. The predicted octanol–water partition coefficient (Wildman–Crippen LogP) is 3.11. The molecule has 0 saturated carbocycles. The van der Waals surface area contributed by atoms with Crippen molar-refractivity contribution in [2.24, 2.45) is 0 Å². The Morgan fingerprint density at radius 3 is 2.77 bits per heavy atom. The zero-order chi connectivity index (χ0) is 15.5. The van der Waals surface area contributed by atoms with Crippen LogP contribution >= 0.6 is 0 Å². The summed E-state index contributed by atoms with van der Waals surface area (Å²) in [6, 6.07) is 14.4. The van der Waals surface area contributed by atoms with Crippen molar-refractivity contribution in [1.82, 2.24) is 0 Å². The molecule has 3 nitrogen and oxygen atoms in total. The molecule has 1 aliphatic heterocycles. The van der Waals surface area contributed by atoms with Gasteiger partial charge in [-0.15, -0.1) is 0 Å². The van der Waals surface area contributed by atoms with Gasteiger partial charge in [0.15, 0.2) is 0 Å². The largest absolute Gasteiger partial charge is 0.491 e. The number of aliphatic hydroxyl groups excluding tert-OH is 1. The van der Waals surface area contributed by atoms with E-state index in [1.165, 1.54) is 22.4 Å². The van der Waals surface area contributed by atoms with Crippen molar-refractivity contribution in [3.63, 3.8) is 0 Å². The Labute approximate surface area is 132 Å². The van der Waals surface area contributed by atoms with Crippen molar-refractivity contribution in [3.8, 4) is 5.75 Å². The third kappa shape index (κ3) is 3.25. The van der Waals surface area contributed by atoms with Crippen LogP contribution in [0.2, 0.25) is 0 Å². The zero-order valence-corrected chi connectivity index (χ0v) is 13.2. The van der Waals surface area contributed by atoms with E-state index in [1.807, 2.05) is 18.2 Å². The Bertz CT molecular complexity index is 654. The predicted molar refractivity (Wildman–Crippen MR) is 89.8 cm³/mol. The average molecular weight is 297 g/mol. The molecule has 3 heteroatoms. The first-order valence-corrected chi connectivity index (χ1v) is 7.84. The van der Waals surface area contributed by atoms with E-state index in [0.29, 0.717) is 13.2 Å². The fraction of sp³-hybridized carbons (Fsp3) is 0.368. The van der Waals surface area contributed by atoms with Crippen LogP contribution in [0.3, 0.4) is 0 Å². The number of rotatable bonds is 5. The molecule has 3 rings (SSSR count). The van der Waals surface area contributed by atoms with Crippen LogP contribution in [0.15, 0.2) is 42.5 Å². The summed E-state index contributed by atoms with van der Waals surface area (Å²) in [5.74, 6) is 0.823. The van der Waals surface area contributed by atoms with E-state index in [-0.39, 0.29) is 0 Å². The molecular formula is C19H23NO2. The van der Waals surface area contributed by atoms with Crippen molar-refractivity contribution in [2.75, 3.05) is 24.6 Å². The minimum absolute atomic E-state index is 0.321. The molecule has 116 valence electrons. The van der Waals surface area contributed by atoms with Crippen LogP contribution in [0, 0.1) is 13.8 Å². The first-order chi connectivity index (χ1) is 10.6. The Balaban J connectivity index is 1.55. The Hall–Kier alpha value is -2.00.